The Hall–Kier alpha value is -1.95. The summed E-state index contributed by atoms with van der Waals surface area (Å²) < 4.78 is 18.3. The van der Waals surface area contributed by atoms with Gasteiger partial charge >= 0.3 is 6.09 Å². The van der Waals surface area contributed by atoms with Gasteiger partial charge in [0.1, 0.15) is 11.4 Å². The van der Waals surface area contributed by atoms with Crippen molar-refractivity contribution >= 4 is 17.6 Å². The molecule has 1 aromatic carbocycles. The minimum Gasteiger partial charge on any atom is -0.444 e. The number of nitrogens with two attached hydrogens (primary N) is 1. The normalized spacial score (nSPS) is 11.1. The number of hydrogen-bond acceptors (Lipinski definition) is 4. The van der Waals surface area contributed by atoms with Crippen molar-refractivity contribution in [3.63, 3.8) is 0 Å². The zero-order chi connectivity index (χ0) is 15.3. The van der Waals surface area contributed by atoms with Crippen molar-refractivity contribution < 1.29 is 18.7 Å². The molecule has 0 aromatic heterocycles. The van der Waals surface area contributed by atoms with Crippen LogP contribution in [0.5, 0.6) is 0 Å². The molecule has 110 valence electrons. The Labute approximate surface area is 117 Å². The largest absolute Gasteiger partial charge is 0.444 e. The topological polar surface area (TPSA) is 81.4 Å². The van der Waals surface area contributed by atoms with E-state index in [1.807, 2.05) is 0 Å². The Morgan fingerprint density at radius 3 is 2.55 bits per heavy atom. The fourth-order valence-corrected chi connectivity index (χ4v) is 1.54. The number of amides is 1. The third-order valence-corrected chi connectivity index (χ3v) is 2.29. The van der Waals surface area contributed by atoms with Gasteiger partial charge in [-0.2, -0.15) is 0 Å². The first-order valence-corrected chi connectivity index (χ1v) is 6.26. The molecule has 1 aromatic rings. The van der Waals surface area contributed by atoms with Gasteiger partial charge in [-0.1, -0.05) is 0 Å². The second kappa shape index (κ2) is 6.47. The first-order valence-electron chi connectivity index (χ1n) is 6.26. The van der Waals surface area contributed by atoms with Gasteiger partial charge < -0.3 is 10.5 Å². The maximum Gasteiger partial charge on any atom is 0.412 e. The Morgan fingerprint density at radius 2 is 2.00 bits per heavy atom. The number of halogens is 1. The first-order chi connectivity index (χ1) is 9.23. The predicted molar refractivity (Wildman–Crippen MR) is 74.3 cm³/mol. The molecule has 0 fully saturated rings. The summed E-state index contributed by atoms with van der Waals surface area (Å²) in [5.74, 6) is -0.891. The summed E-state index contributed by atoms with van der Waals surface area (Å²) in [6, 6.07) is 3.56. The lowest BCUT2D eigenvalue weighted by Gasteiger charge is -2.20. The minimum absolute atomic E-state index is 0.0758. The third kappa shape index (κ3) is 4.97. The second-order valence-electron chi connectivity index (χ2n) is 5.28. The molecule has 0 atom stereocenters. The fraction of sp³-hybridized carbons (Fsp3) is 0.429. The lowest BCUT2D eigenvalue weighted by molar-refractivity contribution is 0.0636. The van der Waals surface area contributed by atoms with Gasteiger partial charge in [0.2, 0.25) is 0 Å². The minimum atomic E-state index is -0.703. The second-order valence-corrected chi connectivity index (χ2v) is 5.28. The summed E-state index contributed by atoms with van der Waals surface area (Å²) >= 11 is 0. The van der Waals surface area contributed by atoms with Gasteiger partial charge in [-0.15, -0.1) is 0 Å². The molecule has 0 heterocycles. The average molecular weight is 282 g/mol. The number of nitrogens with one attached hydrogen (secondary N) is 1. The van der Waals surface area contributed by atoms with E-state index in [1.54, 1.807) is 20.8 Å². The highest BCUT2D eigenvalue weighted by atomic mass is 19.1. The third-order valence-electron chi connectivity index (χ3n) is 2.29. The van der Waals surface area contributed by atoms with E-state index < -0.39 is 17.5 Å². The van der Waals surface area contributed by atoms with Crippen LogP contribution >= 0.6 is 0 Å². The van der Waals surface area contributed by atoms with Crippen LogP contribution in [0.3, 0.4) is 0 Å². The van der Waals surface area contributed by atoms with E-state index in [2.05, 4.69) is 5.32 Å². The van der Waals surface area contributed by atoms with Crippen molar-refractivity contribution in [3.05, 3.63) is 29.6 Å². The molecule has 0 saturated heterocycles. The molecule has 0 radical (unpaired) electrons. The molecule has 0 saturated carbocycles. The van der Waals surface area contributed by atoms with Gasteiger partial charge in [-0.3, -0.25) is 10.1 Å². The van der Waals surface area contributed by atoms with E-state index in [9.17, 15) is 14.0 Å². The number of rotatable bonds is 4. The molecule has 0 unspecified atom stereocenters. The van der Waals surface area contributed by atoms with Crippen molar-refractivity contribution in [1.29, 1.82) is 0 Å². The maximum atomic E-state index is 13.2. The van der Waals surface area contributed by atoms with Crippen LogP contribution < -0.4 is 11.1 Å². The number of benzene rings is 1. The Morgan fingerprint density at radius 1 is 1.35 bits per heavy atom. The molecule has 3 N–H and O–H groups in total. The SMILES string of the molecule is CC(C)(C)OC(=O)Nc1ccc(F)cc1C(=O)CCN. The number of hydrogen-bond donors (Lipinski definition) is 2. The van der Waals surface area contributed by atoms with Gasteiger partial charge in [0, 0.05) is 12.0 Å². The number of carbonyl (C=O) groups excluding carboxylic acids is 2. The highest BCUT2D eigenvalue weighted by molar-refractivity contribution is 6.04. The highest BCUT2D eigenvalue weighted by Gasteiger charge is 2.19. The Kier molecular flexibility index (Phi) is 5.21. The molecular formula is C14H19FN2O3. The highest BCUT2D eigenvalue weighted by Crippen LogP contribution is 2.20. The van der Waals surface area contributed by atoms with Crippen molar-refractivity contribution in [2.75, 3.05) is 11.9 Å². The van der Waals surface area contributed by atoms with E-state index in [0.29, 0.717) is 0 Å². The van der Waals surface area contributed by atoms with Crippen LogP contribution in [0.15, 0.2) is 18.2 Å². The molecule has 0 aliphatic carbocycles. The number of ether oxygens (including phenoxy) is 1. The van der Waals surface area contributed by atoms with Crippen LogP contribution in [0.4, 0.5) is 14.9 Å². The summed E-state index contributed by atoms with van der Waals surface area (Å²) in [5, 5.41) is 2.44. The van der Waals surface area contributed by atoms with E-state index in [-0.39, 0.29) is 30.0 Å². The van der Waals surface area contributed by atoms with Crippen molar-refractivity contribution in [3.8, 4) is 0 Å². The van der Waals surface area contributed by atoms with E-state index in [0.717, 1.165) is 12.1 Å². The standard InChI is InChI=1S/C14H19FN2O3/c1-14(2,3)20-13(19)17-11-5-4-9(15)8-10(11)12(18)6-7-16/h4-5,8H,6-7,16H2,1-3H3,(H,17,19). The molecule has 0 aliphatic heterocycles. The zero-order valence-electron chi connectivity index (χ0n) is 11.8. The van der Waals surface area contributed by atoms with Crippen LogP contribution in [0, 0.1) is 5.82 Å². The van der Waals surface area contributed by atoms with Gasteiger partial charge in [0.15, 0.2) is 5.78 Å². The van der Waals surface area contributed by atoms with Gasteiger partial charge in [-0.05, 0) is 45.5 Å². The molecule has 1 rings (SSSR count). The quantitative estimate of drug-likeness (QED) is 0.832. The van der Waals surface area contributed by atoms with Crippen LogP contribution in [0.1, 0.15) is 37.6 Å². The predicted octanol–water partition coefficient (Wildman–Crippen LogP) is 2.70. The first kappa shape index (κ1) is 16.1. The van der Waals surface area contributed by atoms with E-state index >= 15 is 0 Å². The van der Waals surface area contributed by atoms with E-state index in [1.165, 1.54) is 6.07 Å². The van der Waals surface area contributed by atoms with Gasteiger partial charge in [0.25, 0.3) is 0 Å². The molecule has 20 heavy (non-hydrogen) atoms. The average Bonchev–Trinajstić information content (AvgIpc) is 2.29. The lowest BCUT2D eigenvalue weighted by atomic mass is 10.1. The molecule has 6 heteroatoms. The molecule has 0 spiro atoms. The molecule has 0 bridgehead atoms. The fourth-order valence-electron chi connectivity index (χ4n) is 1.54. The monoisotopic (exact) mass is 282 g/mol. The van der Waals surface area contributed by atoms with Gasteiger partial charge in [-0.25, -0.2) is 9.18 Å². The maximum absolute atomic E-state index is 13.2. The summed E-state index contributed by atoms with van der Waals surface area (Å²) in [4.78, 5) is 23.5. The van der Waals surface area contributed by atoms with Crippen molar-refractivity contribution in [2.24, 2.45) is 5.73 Å². The van der Waals surface area contributed by atoms with Crippen molar-refractivity contribution in [2.45, 2.75) is 32.8 Å². The molecule has 5 nitrogen and oxygen atoms in total. The van der Waals surface area contributed by atoms with Gasteiger partial charge in [0.05, 0.1) is 5.69 Å². The number of Topliss-reactive ketones (excluding diaryl/α,β-unsaturated/α-hetero) is 1. The number of ketones is 1. The van der Waals surface area contributed by atoms with Crippen LogP contribution in [-0.2, 0) is 4.74 Å². The molecular weight excluding hydrogens is 263 g/mol. The summed E-state index contributed by atoms with van der Waals surface area (Å²) in [7, 11) is 0. The van der Waals surface area contributed by atoms with Crippen LogP contribution in [0.25, 0.3) is 0 Å². The zero-order valence-corrected chi connectivity index (χ0v) is 11.8. The van der Waals surface area contributed by atoms with Crippen LogP contribution in [-0.4, -0.2) is 24.0 Å². The van der Waals surface area contributed by atoms with Crippen LogP contribution in [0.2, 0.25) is 0 Å². The summed E-state index contributed by atoms with van der Waals surface area (Å²) in [6.07, 6.45) is -0.627. The Bertz CT molecular complexity index is 510. The van der Waals surface area contributed by atoms with Crippen molar-refractivity contribution in [1.82, 2.24) is 0 Å². The number of anilines is 1. The lowest BCUT2D eigenvalue weighted by Crippen LogP contribution is -2.27. The summed E-state index contributed by atoms with van der Waals surface area (Å²) in [6.45, 7) is 5.31. The smallest absolute Gasteiger partial charge is 0.412 e. The summed E-state index contributed by atoms with van der Waals surface area (Å²) in [5.41, 5.74) is 4.94. The Balaban J connectivity index is 2.94. The van der Waals surface area contributed by atoms with E-state index in [4.69, 9.17) is 10.5 Å². The molecule has 1 amide bonds. The molecule has 0 aliphatic rings. The number of carbonyl (C=O) groups is 2.